The van der Waals surface area contributed by atoms with Gasteiger partial charge < -0.3 is 9.64 Å². The van der Waals surface area contributed by atoms with E-state index >= 15 is 0 Å². The van der Waals surface area contributed by atoms with E-state index in [1.807, 2.05) is 13.8 Å². The van der Waals surface area contributed by atoms with Gasteiger partial charge in [-0.05, 0) is 25.4 Å². The molecule has 88 valence electrons. The van der Waals surface area contributed by atoms with Gasteiger partial charge in [0.2, 0.25) is 5.28 Å². The van der Waals surface area contributed by atoms with Gasteiger partial charge in [-0.2, -0.15) is 4.98 Å². The second-order valence-electron chi connectivity index (χ2n) is 4.34. The van der Waals surface area contributed by atoms with Crippen molar-refractivity contribution in [3.63, 3.8) is 0 Å². The van der Waals surface area contributed by atoms with Crippen molar-refractivity contribution in [2.24, 2.45) is 0 Å². The van der Waals surface area contributed by atoms with E-state index in [0.717, 1.165) is 13.1 Å². The van der Waals surface area contributed by atoms with Crippen LogP contribution in [0.5, 0.6) is 0 Å². The summed E-state index contributed by atoms with van der Waals surface area (Å²) in [5.41, 5.74) is -0.195. The molecule has 1 aromatic heterocycles. The lowest BCUT2D eigenvalue weighted by molar-refractivity contribution is -0.0279. The quantitative estimate of drug-likeness (QED) is 0.728. The van der Waals surface area contributed by atoms with Crippen LogP contribution < -0.4 is 4.90 Å². The van der Waals surface area contributed by atoms with Gasteiger partial charge in [-0.1, -0.05) is 11.6 Å². The molecule has 0 radical (unpaired) electrons. The molecule has 0 bridgehead atoms. The lowest BCUT2D eigenvalue weighted by Crippen LogP contribution is -2.48. The van der Waals surface area contributed by atoms with E-state index in [2.05, 4.69) is 14.9 Å². The maximum Gasteiger partial charge on any atom is 0.224 e. The van der Waals surface area contributed by atoms with Crippen LogP contribution in [0, 0.1) is 0 Å². The third-order valence-electron chi connectivity index (χ3n) is 2.42. The van der Waals surface area contributed by atoms with Gasteiger partial charge in [0.1, 0.15) is 5.02 Å². The highest BCUT2D eigenvalue weighted by atomic mass is 35.5. The Bertz CT molecular complexity index is 398. The van der Waals surface area contributed by atoms with Gasteiger partial charge in [0, 0.05) is 13.1 Å². The Balaban J connectivity index is 2.26. The lowest BCUT2D eigenvalue weighted by Gasteiger charge is -2.38. The van der Waals surface area contributed by atoms with Crippen molar-refractivity contribution in [2.75, 3.05) is 24.6 Å². The molecule has 0 amide bonds. The number of aromatic nitrogens is 2. The third kappa shape index (κ3) is 2.56. The van der Waals surface area contributed by atoms with Crippen LogP contribution in [0.1, 0.15) is 13.8 Å². The number of morpholine rings is 1. The first-order chi connectivity index (χ1) is 7.48. The van der Waals surface area contributed by atoms with Crippen LogP contribution in [0.2, 0.25) is 10.3 Å². The molecule has 6 heteroatoms. The number of nitrogens with zero attached hydrogens (tertiary/aromatic N) is 3. The fraction of sp³-hybridized carbons (Fsp3) is 0.600. The first-order valence-corrected chi connectivity index (χ1v) is 5.80. The molecule has 0 unspecified atom stereocenters. The highest BCUT2D eigenvalue weighted by Crippen LogP contribution is 2.27. The molecular weight excluding hydrogens is 249 g/mol. The van der Waals surface area contributed by atoms with Gasteiger partial charge in [-0.15, -0.1) is 0 Å². The minimum atomic E-state index is -0.195. The van der Waals surface area contributed by atoms with Crippen LogP contribution in [0.25, 0.3) is 0 Å². The van der Waals surface area contributed by atoms with E-state index in [0.29, 0.717) is 17.4 Å². The second-order valence-corrected chi connectivity index (χ2v) is 5.09. The van der Waals surface area contributed by atoms with Crippen LogP contribution in [-0.2, 0) is 4.74 Å². The van der Waals surface area contributed by atoms with Crippen LogP contribution in [0.15, 0.2) is 6.20 Å². The molecule has 0 saturated carbocycles. The minimum Gasteiger partial charge on any atom is -0.372 e. The van der Waals surface area contributed by atoms with E-state index in [1.165, 1.54) is 6.20 Å². The van der Waals surface area contributed by atoms with Crippen molar-refractivity contribution in [1.29, 1.82) is 0 Å². The molecule has 1 fully saturated rings. The average Bonchev–Trinajstić information content (AvgIpc) is 2.20. The Kier molecular flexibility index (Phi) is 3.24. The summed E-state index contributed by atoms with van der Waals surface area (Å²) in [6.45, 7) is 6.23. The Hall–Kier alpha value is -0.580. The summed E-state index contributed by atoms with van der Waals surface area (Å²) in [5.74, 6) is 0.679. The fourth-order valence-corrected chi connectivity index (χ4v) is 2.10. The first-order valence-electron chi connectivity index (χ1n) is 5.05. The van der Waals surface area contributed by atoms with Crippen molar-refractivity contribution in [3.05, 3.63) is 16.5 Å². The average molecular weight is 262 g/mol. The molecule has 0 aromatic carbocycles. The summed E-state index contributed by atoms with van der Waals surface area (Å²) in [4.78, 5) is 10.1. The predicted octanol–water partition coefficient (Wildman–Crippen LogP) is 2.40. The van der Waals surface area contributed by atoms with Crippen LogP contribution in [0.3, 0.4) is 0 Å². The highest BCUT2D eigenvalue weighted by molar-refractivity contribution is 6.33. The minimum absolute atomic E-state index is 0.195. The summed E-state index contributed by atoms with van der Waals surface area (Å²) >= 11 is 11.8. The largest absolute Gasteiger partial charge is 0.372 e. The maximum absolute atomic E-state index is 6.06. The van der Waals surface area contributed by atoms with Gasteiger partial charge >= 0.3 is 0 Å². The molecule has 0 aliphatic carbocycles. The number of hydrogen-bond acceptors (Lipinski definition) is 4. The second kappa shape index (κ2) is 4.35. The van der Waals surface area contributed by atoms with Gasteiger partial charge in [-0.25, -0.2) is 4.98 Å². The van der Waals surface area contributed by atoms with Crippen molar-refractivity contribution in [3.8, 4) is 0 Å². The van der Waals surface area contributed by atoms with Gasteiger partial charge in [0.05, 0.1) is 18.4 Å². The lowest BCUT2D eigenvalue weighted by atomic mass is 10.1. The number of halogens is 2. The van der Waals surface area contributed by atoms with Gasteiger partial charge in [-0.3, -0.25) is 0 Å². The molecule has 0 atom stereocenters. The third-order valence-corrected chi connectivity index (χ3v) is 2.87. The summed E-state index contributed by atoms with van der Waals surface area (Å²) in [6.07, 6.45) is 1.52. The van der Waals surface area contributed by atoms with Gasteiger partial charge in [0.15, 0.2) is 5.82 Å². The number of anilines is 1. The first kappa shape index (κ1) is 11.9. The fourth-order valence-electron chi connectivity index (χ4n) is 1.76. The SMILES string of the molecule is CC1(C)CN(c2nc(Cl)ncc2Cl)CCO1. The monoisotopic (exact) mass is 261 g/mol. The van der Waals surface area contributed by atoms with Crippen LogP contribution in [0.4, 0.5) is 5.82 Å². The molecule has 1 aromatic rings. The predicted molar refractivity (Wildman–Crippen MR) is 64.3 cm³/mol. The van der Waals surface area contributed by atoms with Crippen molar-refractivity contribution in [2.45, 2.75) is 19.4 Å². The van der Waals surface area contributed by atoms with Gasteiger partial charge in [0.25, 0.3) is 0 Å². The standard InChI is InChI=1S/C10H13Cl2N3O/c1-10(2)6-15(3-4-16-10)8-7(11)5-13-9(12)14-8/h5H,3-4,6H2,1-2H3. The molecule has 2 rings (SSSR count). The molecule has 1 aliphatic rings. The molecule has 1 saturated heterocycles. The Labute approximate surface area is 105 Å². The molecule has 0 spiro atoms. The molecule has 0 N–H and O–H groups in total. The molecule has 1 aliphatic heterocycles. The smallest absolute Gasteiger partial charge is 0.224 e. The van der Waals surface area contributed by atoms with Crippen molar-refractivity contribution < 1.29 is 4.74 Å². The molecular formula is C10H13Cl2N3O. The number of rotatable bonds is 1. The Morgan fingerprint density at radius 3 is 2.88 bits per heavy atom. The molecule has 2 heterocycles. The number of hydrogen-bond donors (Lipinski definition) is 0. The Morgan fingerprint density at radius 1 is 1.44 bits per heavy atom. The van der Waals surface area contributed by atoms with Crippen molar-refractivity contribution >= 4 is 29.0 Å². The van der Waals surface area contributed by atoms with Crippen LogP contribution >= 0.6 is 23.2 Å². The van der Waals surface area contributed by atoms with E-state index < -0.39 is 0 Å². The van der Waals surface area contributed by atoms with E-state index in [9.17, 15) is 0 Å². The van der Waals surface area contributed by atoms with E-state index in [4.69, 9.17) is 27.9 Å². The number of ether oxygens (including phenoxy) is 1. The maximum atomic E-state index is 6.06. The van der Waals surface area contributed by atoms with E-state index in [1.54, 1.807) is 0 Å². The normalized spacial score (nSPS) is 19.9. The summed E-state index contributed by atoms with van der Waals surface area (Å²) in [6, 6.07) is 0. The van der Waals surface area contributed by atoms with E-state index in [-0.39, 0.29) is 10.9 Å². The van der Waals surface area contributed by atoms with Crippen molar-refractivity contribution in [1.82, 2.24) is 9.97 Å². The molecule has 16 heavy (non-hydrogen) atoms. The summed E-state index contributed by atoms with van der Waals surface area (Å²) in [5, 5.41) is 0.728. The topological polar surface area (TPSA) is 38.2 Å². The summed E-state index contributed by atoms with van der Waals surface area (Å²) < 4.78 is 5.63. The zero-order valence-corrected chi connectivity index (χ0v) is 10.7. The van der Waals surface area contributed by atoms with Crippen LogP contribution in [-0.4, -0.2) is 35.3 Å². The zero-order chi connectivity index (χ0) is 11.8. The zero-order valence-electron chi connectivity index (χ0n) is 9.20. The Morgan fingerprint density at radius 2 is 2.19 bits per heavy atom. The highest BCUT2D eigenvalue weighted by Gasteiger charge is 2.29. The molecule has 4 nitrogen and oxygen atoms in total. The summed E-state index contributed by atoms with van der Waals surface area (Å²) in [7, 11) is 0.